The molecule has 6 amide bonds. The van der Waals surface area contributed by atoms with Crippen LogP contribution in [0.4, 0.5) is 21.0 Å². The molecule has 2 fully saturated rings. The number of carbonyl (C=O) groups excluding carboxylic acids is 4. The van der Waals surface area contributed by atoms with Gasteiger partial charge in [-0.25, -0.2) is 14.6 Å². The summed E-state index contributed by atoms with van der Waals surface area (Å²) in [5, 5.41) is 13.9. The average molecular weight is 545 g/mol. The van der Waals surface area contributed by atoms with E-state index >= 15 is 0 Å². The van der Waals surface area contributed by atoms with Gasteiger partial charge in [-0.05, 0) is 46.5 Å². The molecule has 7 rings (SSSR count). The van der Waals surface area contributed by atoms with Crippen LogP contribution in [0.3, 0.4) is 0 Å². The van der Waals surface area contributed by atoms with Crippen molar-refractivity contribution in [1.29, 1.82) is 0 Å². The van der Waals surface area contributed by atoms with Gasteiger partial charge in [-0.15, -0.1) is 0 Å². The van der Waals surface area contributed by atoms with Crippen molar-refractivity contribution in [3.63, 3.8) is 0 Å². The van der Waals surface area contributed by atoms with Gasteiger partial charge in [0.15, 0.2) is 0 Å². The molecule has 0 saturated carbocycles. The maximum absolute atomic E-state index is 12.2. The zero-order valence-electron chi connectivity index (χ0n) is 21.9. The van der Waals surface area contributed by atoms with Crippen LogP contribution in [0.15, 0.2) is 30.5 Å². The SMILES string of the molecule is CN1C(=O)NC(=O)C12Cc1cc(N)c(N)cc1C2.CN1C(=O)NC(=O)C12Cc1cc3ncc(CO)nc3cc1C2. The highest BCUT2D eigenvalue weighted by Gasteiger charge is 2.55. The van der Waals surface area contributed by atoms with Crippen LogP contribution in [-0.2, 0) is 41.9 Å². The summed E-state index contributed by atoms with van der Waals surface area (Å²) in [6, 6.07) is 6.69. The molecular formula is C27H28N8O5. The number of rotatable bonds is 1. The van der Waals surface area contributed by atoms with Crippen LogP contribution in [0, 0.1) is 0 Å². The first kappa shape index (κ1) is 25.5. The molecule has 1 atom stereocenters. The van der Waals surface area contributed by atoms with Crippen LogP contribution in [-0.4, -0.2) is 73.9 Å². The van der Waals surface area contributed by atoms with Gasteiger partial charge < -0.3 is 26.4 Å². The van der Waals surface area contributed by atoms with Gasteiger partial charge in [0.25, 0.3) is 11.8 Å². The van der Waals surface area contributed by atoms with E-state index in [1.54, 1.807) is 26.2 Å². The number of nitrogen functional groups attached to an aromatic ring is 2. The number of urea groups is 2. The van der Waals surface area contributed by atoms with E-state index in [2.05, 4.69) is 20.6 Å². The first-order valence-corrected chi connectivity index (χ1v) is 12.7. The van der Waals surface area contributed by atoms with E-state index in [1.807, 2.05) is 12.1 Å². The quantitative estimate of drug-likeness (QED) is 0.207. The van der Waals surface area contributed by atoms with E-state index in [4.69, 9.17) is 16.6 Å². The van der Waals surface area contributed by atoms with Crippen LogP contribution < -0.4 is 22.1 Å². The second kappa shape index (κ2) is 8.61. The largest absolute Gasteiger partial charge is 0.397 e. The molecular weight excluding hydrogens is 516 g/mol. The number of hydrogen-bond donors (Lipinski definition) is 5. The topological polar surface area (TPSA) is 197 Å². The van der Waals surface area contributed by atoms with Crippen molar-refractivity contribution >= 4 is 46.3 Å². The highest BCUT2D eigenvalue weighted by Crippen LogP contribution is 2.40. The number of aliphatic hydroxyl groups excluding tert-OH is 1. The molecule has 7 N–H and O–H groups in total. The fraction of sp³-hybridized carbons (Fsp3) is 0.333. The number of nitrogens with zero attached hydrogens (tertiary/aromatic N) is 4. The normalized spacial score (nSPS) is 22.1. The predicted molar refractivity (Wildman–Crippen MR) is 144 cm³/mol. The second-order valence-electron chi connectivity index (χ2n) is 10.8. The van der Waals surface area contributed by atoms with Crippen molar-refractivity contribution in [3.05, 3.63) is 58.4 Å². The number of amides is 6. The van der Waals surface area contributed by atoms with Crippen molar-refractivity contribution in [3.8, 4) is 0 Å². The third kappa shape index (κ3) is 3.57. The molecule has 4 aliphatic rings. The fourth-order valence-electron chi connectivity index (χ4n) is 6.11. The van der Waals surface area contributed by atoms with E-state index in [-0.39, 0.29) is 30.5 Å². The van der Waals surface area contributed by atoms with Crippen molar-refractivity contribution in [1.82, 2.24) is 30.4 Å². The zero-order chi connectivity index (χ0) is 28.6. The summed E-state index contributed by atoms with van der Waals surface area (Å²) in [6.07, 6.45) is 3.46. The van der Waals surface area contributed by atoms with E-state index in [9.17, 15) is 19.2 Å². The zero-order valence-corrected chi connectivity index (χ0v) is 21.9. The van der Waals surface area contributed by atoms with Gasteiger partial charge in [-0.2, -0.15) is 0 Å². The van der Waals surface area contributed by atoms with Crippen molar-refractivity contribution in [2.45, 2.75) is 43.4 Å². The number of carbonyl (C=O) groups is 4. The molecule has 13 heteroatoms. The highest BCUT2D eigenvalue weighted by atomic mass is 16.3. The Morgan fingerprint density at radius 2 is 1.20 bits per heavy atom. The molecule has 2 aromatic carbocycles. The molecule has 206 valence electrons. The van der Waals surface area contributed by atoms with Crippen LogP contribution in [0.1, 0.15) is 27.9 Å². The van der Waals surface area contributed by atoms with E-state index < -0.39 is 11.1 Å². The predicted octanol–water partition coefficient (Wildman–Crippen LogP) is 0.0111. The number of benzene rings is 2. The summed E-state index contributed by atoms with van der Waals surface area (Å²) in [4.78, 5) is 59.2. The van der Waals surface area contributed by atoms with Crippen LogP contribution in [0.25, 0.3) is 11.0 Å². The van der Waals surface area contributed by atoms with Gasteiger partial charge in [-0.3, -0.25) is 25.2 Å². The average Bonchev–Trinajstić information content (AvgIpc) is 3.60. The molecule has 3 aromatic rings. The third-order valence-electron chi connectivity index (χ3n) is 8.59. The van der Waals surface area contributed by atoms with Crippen molar-refractivity contribution in [2.24, 2.45) is 0 Å². The lowest BCUT2D eigenvalue weighted by Gasteiger charge is -2.27. The van der Waals surface area contributed by atoms with Gasteiger partial charge in [0.05, 0.1) is 40.9 Å². The number of hydrogen-bond acceptors (Lipinski definition) is 9. The lowest BCUT2D eigenvalue weighted by Crippen LogP contribution is -2.48. The molecule has 40 heavy (non-hydrogen) atoms. The van der Waals surface area contributed by atoms with E-state index in [0.717, 1.165) is 27.8 Å². The molecule has 0 radical (unpaired) electrons. The number of imide groups is 2. The minimum atomic E-state index is -0.837. The minimum Gasteiger partial charge on any atom is -0.397 e. The summed E-state index contributed by atoms with van der Waals surface area (Å²) in [5.74, 6) is -0.499. The first-order valence-electron chi connectivity index (χ1n) is 12.7. The number of likely N-dealkylation sites (N-methyl/N-ethyl adjacent to an activating group) is 2. The van der Waals surface area contributed by atoms with Gasteiger partial charge >= 0.3 is 12.1 Å². The molecule has 2 spiro atoms. The lowest BCUT2D eigenvalue weighted by molar-refractivity contribution is -0.126. The van der Waals surface area contributed by atoms with Crippen molar-refractivity contribution < 1.29 is 24.3 Å². The number of fused-ring (bicyclic) bond motifs is 3. The highest BCUT2D eigenvalue weighted by molar-refractivity contribution is 6.08. The Labute approximate surface area is 228 Å². The first-order chi connectivity index (χ1) is 19.0. The maximum atomic E-state index is 12.2. The minimum absolute atomic E-state index is 0.163. The summed E-state index contributed by atoms with van der Waals surface area (Å²) < 4.78 is 0. The Bertz CT molecular complexity index is 1620. The van der Waals surface area contributed by atoms with Crippen LogP contribution >= 0.6 is 0 Å². The molecule has 3 heterocycles. The molecule has 2 saturated heterocycles. The van der Waals surface area contributed by atoms with Gasteiger partial charge in [0, 0.05) is 39.8 Å². The van der Waals surface area contributed by atoms with E-state index in [0.29, 0.717) is 48.3 Å². The summed E-state index contributed by atoms with van der Waals surface area (Å²) in [6.45, 7) is -0.163. The monoisotopic (exact) mass is 544 g/mol. The van der Waals surface area contributed by atoms with Crippen LogP contribution in [0.2, 0.25) is 0 Å². The molecule has 13 nitrogen and oxygen atoms in total. The molecule has 0 bridgehead atoms. The Balaban J connectivity index is 0.000000148. The lowest BCUT2D eigenvalue weighted by atomic mass is 9.95. The molecule has 2 aliphatic carbocycles. The Hall–Kier alpha value is -4.78. The Morgan fingerprint density at radius 3 is 1.60 bits per heavy atom. The Morgan fingerprint density at radius 1 is 0.775 bits per heavy atom. The Kier molecular flexibility index (Phi) is 5.49. The van der Waals surface area contributed by atoms with Crippen molar-refractivity contribution in [2.75, 3.05) is 25.6 Å². The van der Waals surface area contributed by atoms with Crippen LogP contribution in [0.5, 0.6) is 0 Å². The number of aliphatic hydroxyl groups is 1. The summed E-state index contributed by atoms with van der Waals surface area (Å²) in [5.41, 5.74) is 16.8. The standard InChI is InChI=1S/C15H14N4O3.C12H14N4O2/c1-19-14(22)18-13(21)15(19)4-8-2-11-12(3-9(8)5-15)17-10(7-20)6-16-11;1-16-11(18)15-10(17)12(16)4-6-2-8(13)9(14)3-7(6)5-12/h2-3,6,20H,4-5,7H2,1H3,(H,18,21,22);2-3H,4-5,13-14H2,1H3,(H,15,17,18). The van der Waals surface area contributed by atoms with E-state index in [1.165, 1.54) is 16.0 Å². The smallest absolute Gasteiger partial charge is 0.324 e. The number of nitrogens with two attached hydrogens (primary N) is 2. The summed E-state index contributed by atoms with van der Waals surface area (Å²) in [7, 11) is 3.28. The molecule has 2 aliphatic heterocycles. The number of anilines is 2. The molecule has 1 unspecified atom stereocenters. The summed E-state index contributed by atoms with van der Waals surface area (Å²) >= 11 is 0. The van der Waals surface area contributed by atoms with Gasteiger partial charge in [0.2, 0.25) is 0 Å². The maximum Gasteiger partial charge on any atom is 0.324 e. The van der Waals surface area contributed by atoms with Gasteiger partial charge in [0.1, 0.15) is 11.1 Å². The number of nitrogens with one attached hydrogen (secondary N) is 2. The third-order valence-corrected chi connectivity index (χ3v) is 8.59. The fourth-order valence-corrected chi connectivity index (χ4v) is 6.11. The second-order valence-corrected chi connectivity index (χ2v) is 10.8. The van der Waals surface area contributed by atoms with Gasteiger partial charge in [-0.1, -0.05) is 0 Å². The number of aromatic nitrogens is 2. The molecule has 1 aromatic heterocycles.